The van der Waals surface area contributed by atoms with E-state index in [0.29, 0.717) is 34.2 Å². The molecular weight excluding hydrogens is 502 g/mol. The van der Waals surface area contributed by atoms with Gasteiger partial charge >= 0.3 is 5.97 Å². The quantitative estimate of drug-likeness (QED) is 0.258. The first kappa shape index (κ1) is 29.4. The smallest absolute Gasteiger partial charge is 0.309 e. The van der Waals surface area contributed by atoms with Gasteiger partial charge in [-0.25, -0.2) is 0 Å². The molecule has 0 N–H and O–H groups in total. The van der Waals surface area contributed by atoms with Gasteiger partial charge in [0.25, 0.3) is 5.91 Å². The van der Waals surface area contributed by atoms with Crippen LogP contribution >= 0.6 is 11.6 Å². The Kier molecular flexibility index (Phi) is 9.42. The lowest BCUT2D eigenvalue weighted by Gasteiger charge is -2.21. The minimum atomic E-state index is -0.527. The largest absolute Gasteiger partial charge is 0.497 e. The summed E-state index contributed by atoms with van der Waals surface area (Å²) in [5, 5.41) is 1.31. The SMILES string of the molecule is COc1ccc2c(c1)c(CC(=O)C[C@H](C(=O)OCCC(C)(C)C)C(C)C)c(C)n2C(=O)c1ccc(Cl)cc1. The van der Waals surface area contributed by atoms with Crippen LogP contribution in [0.15, 0.2) is 42.5 Å². The molecule has 0 aliphatic heterocycles. The van der Waals surface area contributed by atoms with Crippen molar-refractivity contribution >= 4 is 40.2 Å². The predicted octanol–water partition coefficient (Wildman–Crippen LogP) is 7.05. The molecule has 0 saturated carbocycles. The van der Waals surface area contributed by atoms with Crippen molar-refractivity contribution in [3.05, 3.63) is 64.3 Å². The lowest BCUT2D eigenvalue weighted by atomic mass is 9.88. The number of hydrogen-bond donors (Lipinski definition) is 0. The molecule has 1 aromatic heterocycles. The van der Waals surface area contributed by atoms with Crippen LogP contribution in [0.3, 0.4) is 0 Å². The van der Waals surface area contributed by atoms with Crippen molar-refractivity contribution in [2.45, 2.75) is 60.8 Å². The van der Waals surface area contributed by atoms with Crippen molar-refractivity contribution < 1.29 is 23.9 Å². The fourth-order valence-electron chi connectivity index (χ4n) is 4.47. The average molecular weight is 540 g/mol. The normalized spacial score (nSPS) is 12.6. The van der Waals surface area contributed by atoms with Crippen LogP contribution in [0.4, 0.5) is 0 Å². The first-order valence-corrected chi connectivity index (χ1v) is 13.4. The highest BCUT2D eigenvalue weighted by molar-refractivity contribution is 6.30. The van der Waals surface area contributed by atoms with Gasteiger partial charge < -0.3 is 9.47 Å². The van der Waals surface area contributed by atoms with Gasteiger partial charge in [0, 0.05) is 34.5 Å². The summed E-state index contributed by atoms with van der Waals surface area (Å²) in [7, 11) is 1.58. The molecule has 2 aromatic carbocycles. The van der Waals surface area contributed by atoms with E-state index in [9.17, 15) is 14.4 Å². The van der Waals surface area contributed by atoms with Crippen molar-refractivity contribution in [1.82, 2.24) is 4.57 Å². The zero-order valence-electron chi connectivity index (χ0n) is 23.4. The summed E-state index contributed by atoms with van der Waals surface area (Å²) >= 11 is 6.01. The molecule has 0 unspecified atom stereocenters. The van der Waals surface area contributed by atoms with Crippen LogP contribution in [0.5, 0.6) is 5.75 Å². The fourth-order valence-corrected chi connectivity index (χ4v) is 4.59. The monoisotopic (exact) mass is 539 g/mol. The molecule has 0 radical (unpaired) electrons. The van der Waals surface area contributed by atoms with E-state index in [1.54, 1.807) is 42.0 Å². The topological polar surface area (TPSA) is 74.6 Å². The van der Waals surface area contributed by atoms with Gasteiger partial charge in [-0.05, 0) is 72.7 Å². The van der Waals surface area contributed by atoms with Crippen LogP contribution in [0, 0.1) is 24.2 Å². The summed E-state index contributed by atoms with van der Waals surface area (Å²) in [6.07, 6.45) is 0.918. The van der Waals surface area contributed by atoms with Gasteiger partial charge in [0.15, 0.2) is 0 Å². The van der Waals surface area contributed by atoms with Crippen molar-refractivity contribution in [2.75, 3.05) is 13.7 Å². The van der Waals surface area contributed by atoms with Crippen molar-refractivity contribution in [2.24, 2.45) is 17.3 Å². The highest BCUT2D eigenvalue weighted by Crippen LogP contribution is 2.32. The van der Waals surface area contributed by atoms with E-state index in [0.717, 1.165) is 17.4 Å². The highest BCUT2D eigenvalue weighted by Gasteiger charge is 2.29. The Labute approximate surface area is 230 Å². The Morgan fingerprint density at radius 3 is 2.26 bits per heavy atom. The first-order chi connectivity index (χ1) is 17.8. The average Bonchev–Trinajstić information content (AvgIpc) is 3.11. The minimum Gasteiger partial charge on any atom is -0.497 e. The van der Waals surface area contributed by atoms with Gasteiger partial charge in [0.1, 0.15) is 11.5 Å². The van der Waals surface area contributed by atoms with E-state index in [4.69, 9.17) is 21.1 Å². The van der Waals surface area contributed by atoms with Crippen molar-refractivity contribution in [3.8, 4) is 5.75 Å². The van der Waals surface area contributed by atoms with Gasteiger partial charge in [-0.2, -0.15) is 0 Å². The molecule has 6 nitrogen and oxygen atoms in total. The number of aromatic nitrogens is 1. The number of methoxy groups -OCH3 is 1. The molecule has 38 heavy (non-hydrogen) atoms. The molecule has 0 bridgehead atoms. The standard InChI is InChI=1S/C31H38ClNO5/c1-19(2)25(30(36)38-15-14-31(4,5)6)16-23(34)17-26-20(3)33(28-13-12-24(37-7)18-27(26)28)29(35)21-8-10-22(32)11-9-21/h8-13,18-19,25H,14-17H2,1-7H3/t25-/m0/s1. The van der Waals surface area contributed by atoms with E-state index in [-0.39, 0.29) is 41.8 Å². The van der Waals surface area contributed by atoms with Gasteiger partial charge in [-0.3, -0.25) is 19.0 Å². The Morgan fingerprint density at radius 2 is 1.68 bits per heavy atom. The number of carbonyl (C=O) groups excluding carboxylic acids is 3. The summed E-state index contributed by atoms with van der Waals surface area (Å²) in [6.45, 7) is 12.3. The molecule has 0 saturated heterocycles. The van der Waals surface area contributed by atoms with E-state index in [1.165, 1.54) is 0 Å². The number of nitrogens with zero attached hydrogens (tertiary/aromatic N) is 1. The summed E-state index contributed by atoms with van der Waals surface area (Å²) in [6, 6.07) is 12.2. The molecule has 1 atom stereocenters. The third kappa shape index (κ3) is 7.04. The Morgan fingerprint density at radius 1 is 1.03 bits per heavy atom. The highest BCUT2D eigenvalue weighted by atomic mass is 35.5. The predicted molar refractivity (Wildman–Crippen MR) is 151 cm³/mol. The molecule has 0 amide bonds. The Bertz CT molecular complexity index is 1310. The van der Waals surface area contributed by atoms with Gasteiger partial charge in [-0.15, -0.1) is 0 Å². The second kappa shape index (κ2) is 12.2. The molecule has 0 aliphatic rings. The number of fused-ring (bicyclic) bond motifs is 1. The minimum absolute atomic E-state index is 0.0462. The maximum atomic E-state index is 13.5. The third-order valence-corrected chi connectivity index (χ3v) is 7.11. The molecule has 3 aromatic rings. The van der Waals surface area contributed by atoms with Crippen LogP contribution in [-0.4, -0.2) is 35.9 Å². The number of esters is 1. The fraction of sp³-hybridized carbons (Fsp3) is 0.452. The van der Waals surface area contributed by atoms with E-state index >= 15 is 0 Å². The lowest BCUT2D eigenvalue weighted by Crippen LogP contribution is -2.27. The number of ether oxygens (including phenoxy) is 2. The second-order valence-corrected chi connectivity index (χ2v) is 11.8. The number of ketones is 1. The van der Waals surface area contributed by atoms with E-state index in [2.05, 4.69) is 20.8 Å². The summed E-state index contributed by atoms with van der Waals surface area (Å²) in [5.74, 6) is -0.575. The maximum Gasteiger partial charge on any atom is 0.309 e. The molecule has 3 rings (SSSR count). The van der Waals surface area contributed by atoms with Gasteiger partial charge in [0.2, 0.25) is 0 Å². The van der Waals surface area contributed by atoms with E-state index in [1.807, 2.05) is 32.9 Å². The number of Topliss-reactive ketones (excluding diaryl/α,β-unsaturated/α-hetero) is 1. The molecular formula is C31H38ClNO5. The first-order valence-electron chi connectivity index (χ1n) is 13.0. The van der Waals surface area contributed by atoms with E-state index < -0.39 is 5.92 Å². The van der Waals surface area contributed by atoms with Crippen LogP contribution in [0.25, 0.3) is 10.9 Å². The summed E-state index contributed by atoms with van der Waals surface area (Å²) < 4.78 is 12.6. The summed E-state index contributed by atoms with van der Waals surface area (Å²) in [4.78, 5) is 39.7. The Balaban J connectivity index is 1.90. The number of rotatable bonds is 10. The number of hydrogen-bond acceptors (Lipinski definition) is 5. The number of halogens is 1. The van der Waals surface area contributed by atoms with Crippen molar-refractivity contribution in [3.63, 3.8) is 0 Å². The van der Waals surface area contributed by atoms with Crippen LogP contribution < -0.4 is 4.74 Å². The molecule has 0 spiro atoms. The zero-order chi connectivity index (χ0) is 28.2. The lowest BCUT2D eigenvalue weighted by molar-refractivity contribution is -0.152. The molecule has 7 heteroatoms. The molecule has 1 heterocycles. The van der Waals surface area contributed by atoms with Crippen molar-refractivity contribution in [1.29, 1.82) is 0 Å². The molecule has 0 aliphatic carbocycles. The van der Waals surface area contributed by atoms with Gasteiger partial charge in [-0.1, -0.05) is 46.2 Å². The second-order valence-electron chi connectivity index (χ2n) is 11.3. The van der Waals surface area contributed by atoms with Crippen LogP contribution in [0.2, 0.25) is 5.02 Å². The van der Waals surface area contributed by atoms with Crippen LogP contribution in [0.1, 0.15) is 69.1 Å². The zero-order valence-corrected chi connectivity index (χ0v) is 24.1. The van der Waals surface area contributed by atoms with Crippen LogP contribution in [-0.2, 0) is 20.7 Å². The number of benzene rings is 2. The van der Waals surface area contributed by atoms with Gasteiger partial charge in [0.05, 0.1) is 25.2 Å². The Hall–Kier alpha value is -3.12. The molecule has 204 valence electrons. The third-order valence-electron chi connectivity index (χ3n) is 6.86. The molecule has 0 fully saturated rings. The number of carbonyl (C=O) groups is 3. The maximum absolute atomic E-state index is 13.5. The summed E-state index contributed by atoms with van der Waals surface area (Å²) in [5.41, 5.74) is 2.65.